The Morgan fingerprint density at radius 2 is 2.26 bits per heavy atom. The topological polar surface area (TPSA) is 54.5 Å². The van der Waals surface area contributed by atoms with E-state index < -0.39 is 0 Å². The van der Waals surface area contributed by atoms with E-state index in [0.717, 1.165) is 48.1 Å². The Morgan fingerprint density at radius 3 is 3.00 bits per heavy atom. The first-order valence-electron chi connectivity index (χ1n) is 8.04. The fourth-order valence-corrected chi connectivity index (χ4v) is 3.46. The molecule has 1 aromatic heterocycles. The number of hydrogen-bond acceptors (Lipinski definition) is 4. The van der Waals surface area contributed by atoms with Crippen LogP contribution in [0.5, 0.6) is 5.75 Å². The molecule has 1 atom stereocenters. The maximum atomic E-state index is 12.0. The van der Waals surface area contributed by atoms with Gasteiger partial charge in [0, 0.05) is 31.7 Å². The molecule has 0 aliphatic carbocycles. The Kier molecular flexibility index (Phi) is 4.37. The first kappa shape index (κ1) is 15.6. The third kappa shape index (κ3) is 2.83. The summed E-state index contributed by atoms with van der Waals surface area (Å²) in [7, 11) is 3.37. The number of anilines is 1. The number of aromatic nitrogens is 1. The number of methoxy groups -OCH3 is 1. The number of ether oxygens (including phenoxy) is 1. The lowest BCUT2D eigenvalue weighted by atomic mass is 9.95. The van der Waals surface area contributed by atoms with E-state index in [1.54, 1.807) is 14.2 Å². The van der Waals surface area contributed by atoms with Gasteiger partial charge in [0.1, 0.15) is 11.3 Å². The molecule has 2 heterocycles. The van der Waals surface area contributed by atoms with Crippen molar-refractivity contribution in [1.29, 1.82) is 0 Å². The van der Waals surface area contributed by atoms with E-state index in [1.165, 1.54) is 5.69 Å². The smallest absolute Gasteiger partial charge is 0.224 e. The molecule has 5 nitrogen and oxygen atoms in total. The van der Waals surface area contributed by atoms with Crippen molar-refractivity contribution in [1.82, 2.24) is 10.3 Å². The lowest BCUT2D eigenvalue weighted by Crippen LogP contribution is -2.42. The molecule has 2 aromatic rings. The molecule has 1 aromatic carbocycles. The summed E-state index contributed by atoms with van der Waals surface area (Å²) in [5, 5.41) is 3.86. The van der Waals surface area contributed by atoms with Crippen LogP contribution in [0.2, 0.25) is 0 Å². The van der Waals surface area contributed by atoms with Crippen LogP contribution in [-0.2, 0) is 4.79 Å². The minimum Gasteiger partial charge on any atom is -0.494 e. The van der Waals surface area contributed by atoms with Crippen LogP contribution in [0.25, 0.3) is 10.9 Å². The minimum absolute atomic E-state index is 0.0435. The molecule has 122 valence electrons. The number of pyridine rings is 1. The quantitative estimate of drug-likeness (QED) is 0.946. The van der Waals surface area contributed by atoms with Crippen LogP contribution in [0.1, 0.15) is 18.4 Å². The maximum Gasteiger partial charge on any atom is 0.224 e. The van der Waals surface area contributed by atoms with E-state index in [2.05, 4.69) is 28.2 Å². The number of nitrogens with zero attached hydrogens (tertiary/aromatic N) is 2. The monoisotopic (exact) mass is 313 g/mol. The van der Waals surface area contributed by atoms with Gasteiger partial charge in [0.25, 0.3) is 0 Å². The van der Waals surface area contributed by atoms with Gasteiger partial charge in [0.15, 0.2) is 0 Å². The highest BCUT2D eigenvalue weighted by Crippen LogP contribution is 2.35. The van der Waals surface area contributed by atoms with E-state index in [1.807, 2.05) is 18.3 Å². The third-order valence-corrected chi connectivity index (χ3v) is 4.59. The van der Waals surface area contributed by atoms with Gasteiger partial charge in [-0.3, -0.25) is 9.78 Å². The molecule has 0 saturated carbocycles. The number of aryl methyl sites for hydroxylation is 1. The summed E-state index contributed by atoms with van der Waals surface area (Å²) in [6.07, 6.45) is 3.86. The number of nitrogens with one attached hydrogen (secondary N) is 1. The van der Waals surface area contributed by atoms with Gasteiger partial charge in [-0.15, -0.1) is 0 Å². The summed E-state index contributed by atoms with van der Waals surface area (Å²) in [6.45, 7) is 3.78. The zero-order valence-electron chi connectivity index (χ0n) is 13.9. The second-order valence-corrected chi connectivity index (χ2v) is 6.05. The van der Waals surface area contributed by atoms with Gasteiger partial charge in [0.05, 0.1) is 18.7 Å². The highest BCUT2D eigenvalue weighted by molar-refractivity contribution is 5.96. The summed E-state index contributed by atoms with van der Waals surface area (Å²) in [5.41, 5.74) is 3.17. The van der Waals surface area contributed by atoms with Crippen molar-refractivity contribution >= 4 is 22.5 Å². The van der Waals surface area contributed by atoms with Gasteiger partial charge in [-0.25, -0.2) is 0 Å². The number of hydrogen-bond donors (Lipinski definition) is 1. The Balaban J connectivity index is 2.05. The fraction of sp³-hybridized carbons (Fsp3) is 0.444. The van der Waals surface area contributed by atoms with Crippen molar-refractivity contribution in [2.75, 3.05) is 32.1 Å². The Morgan fingerprint density at radius 1 is 1.43 bits per heavy atom. The number of benzene rings is 1. The molecule has 0 bridgehead atoms. The van der Waals surface area contributed by atoms with E-state index >= 15 is 0 Å². The third-order valence-electron chi connectivity index (χ3n) is 4.59. The normalized spacial score (nSPS) is 18.0. The molecular weight excluding hydrogens is 290 g/mol. The number of amides is 1. The average Bonchev–Trinajstić information content (AvgIpc) is 2.60. The maximum absolute atomic E-state index is 12.0. The Hall–Kier alpha value is -2.30. The second-order valence-electron chi connectivity index (χ2n) is 6.05. The van der Waals surface area contributed by atoms with Crippen molar-refractivity contribution in [2.24, 2.45) is 5.92 Å². The molecule has 1 aliphatic heterocycles. The van der Waals surface area contributed by atoms with Gasteiger partial charge in [-0.1, -0.05) is 12.1 Å². The molecule has 1 N–H and O–H groups in total. The van der Waals surface area contributed by atoms with Gasteiger partial charge < -0.3 is 15.0 Å². The van der Waals surface area contributed by atoms with Crippen molar-refractivity contribution in [3.05, 3.63) is 30.0 Å². The predicted octanol–water partition coefficient (Wildman–Crippen LogP) is 2.51. The first-order valence-corrected chi connectivity index (χ1v) is 8.04. The van der Waals surface area contributed by atoms with Crippen LogP contribution in [0.3, 0.4) is 0 Å². The number of carbonyl (C=O) groups excluding carboxylic acids is 1. The van der Waals surface area contributed by atoms with Gasteiger partial charge in [0.2, 0.25) is 5.91 Å². The van der Waals surface area contributed by atoms with E-state index in [4.69, 9.17) is 4.74 Å². The fourth-order valence-electron chi connectivity index (χ4n) is 3.46. The van der Waals surface area contributed by atoms with Crippen molar-refractivity contribution in [3.8, 4) is 5.75 Å². The Labute approximate surface area is 136 Å². The number of piperidine rings is 1. The molecule has 1 fully saturated rings. The molecular formula is C18H23N3O2. The van der Waals surface area contributed by atoms with Crippen LogP contribution in [-0.4, -0.2) is 38.1 Å². The number of para-hydroxylation sites is 1. The summed E-state index contributed by atoms with van der Waals surface area (Å²) < 4.78 is 5.44. The van der Waals surface area contributed by atoms with Crippen LogP contribution in [0.4, 0.5) is 5.69 Å². The SMILES string of the molecule is CNC(=O)C1CCCN(c2c(C)cnc3c(OC)cccc23)C1. The van der Waals surface area contributed by atoms with Crippen LogP contribution in [0, 0.1) is 12.8 Å². The minimum atomic E-state index is 0.0435. The first-order chi connectivity index (χ1) is 11.2. The standard InChI is InChI=1S/C18H23N3O2/c1-12-10-20-16-14(7-4-8-15(16)23-3)17(12)21-9-5-6-13(11-21)18(22)19-2/h4,7-8,10,13H,5-6,9,11H2,1-3H3,(H,19,22). The lowest BCUT2D eigenvalue weighted by Gasteiger charge is -2.35. The Bertz CT molecular complexity index is 730. The molecule has 1 aliphatic rings. The summed E-state index contributed by atoms with van der Waals surface area (Å²) in [5.74, 6) is 0.953. The predicted molar refractivity (Wildman–Crippen MR) is 92.0 cm³/mol. The zero-order chi connectivity index (χ0) is 16.4. The molecule has 0 radical (unpaired) electrons. The van der Waals surface area contributed by atoms with Crippen molar-refractivity contribution in [3.63, 3.8) is 0 Å². The number of rotatable bonds is 3. The highest BCUT2D eigenvalue weighted by atomic mass is 16.5. The molecule has 0 spiro atoms. The molecule has 5 heteroatoms. The second kappa shape index (κ2) is 6.44. The summed E-state index contributed by atoms with van der Waals surface area (Å²) in [4.78, 5) is 18.9. The van der Waals surface area contributed by atoms with E-state index in [0.29, 0.717) is 0 Å². The number of carbonyl (C=O) groups is 1. The molecule has 3 rings (SSSR count). The molecule has 23 heavy (non-hydrogen) atoms. The van der Waals surface area contributed by atoms with Crippen LogP contribution in [0.15, 0.2) is 24.4 Å². The van der Waals surface area contributed by atoms with Gasteiger partial charge in [-0.05, 0) is 31.4 Å². The van der Waals surface area contributed by atoms with Gasteiger partial charge in [-0.2, -0.15) is 0 Å². The van der Waals surface area contributed by atoms with Crippen LogP contribution < -0.4 is 15.0 Å². The zero-order valence-corrected chi connectivity index (χ0v) is 13.9. The summed E-state index contributed by atoms with van der Waals surface area (Å²) >= 11 is 0. The van der Waals surface area contributed by atoms with Crippen molar-refractivity contribution in [2.45, 2.75) is 19.8 Å². The van der Waals surface area contributed by atoms with Crippen LogP contribution >= 0.6 is 0 Å². The summed E-state index contributed by atoms with van der Waals surface area (Å²) in [6, 6.07) is 6.00. The number of fused-ring (bicyclic) bond motifs is 1. The van der Waals surface area contributed by atoms with E-state index in [9.17, 15) is 4.79 Å². The van der Waals surface area contributed by atoms with E-state index in [-0.39, 0.29) is 11.8 Å². The lowest BCUT2D eigenvalue weighted by molar-refractivity contribution is -0.124. The van der Waals surface area contributed by atoms with Gasteiger partial charge >= 0.3 is 0 Å². The van der Waals surface area contributed by atoms with Crippen molar-refractivity contribution < 1.29 is 9.53 Å². The molecule has 1 amide bonds. The molecule has 1 saturated heterocycles. The average molecular weight is 313 g/mol. The molecule has 1 unspecified atom stereocenters. The largest absolute Gasteiger partial charge is 0.494 e. The highest BCUT2D eigenvalue weighted by Gasteiger charge is 2.27.